The number of benzene rings is 2. The van der Waals surface area contributed by atoms with E-state index in [4.69, 9.17) is 16.3 Å². The van der Waals surface area contributed by atoms with Crippen LogP contribution in [0.2, 0.25) is 5.02 Å². The van der Waals surface area contributed by atoms with Gasteiger partial charge in [0, 0.05) is 23.7 Å². The van der Waals surface area contributed by atoms with Gasteiger partial charge in [-0.1, -0.05) is 17.7 Å². The Balaban J connectivity index is 1.39. The maximum absolute atomic E-state index is 13.3. The van der Waals surface area contributed by atoms with Crippen LogP contribution in [0.4, 0.5) is 14.5 Å². The fourth-order valence-corrected chi connectivity index (χ4v) is 4.14. The normalized spacial score (nSPS) is 26.2. The molecule has 1 fully saturated rings. The lowest BCUT2D eigenvalue weighted by atomic mass is 9.87. The molecule has 2 unspecified atom stereocenters. The monoisotopic (exact) mass is 450 g/mol. The Labute approximate surface area is 180 Å². The maximum atomic E-state index is 13.3. The van der Waals surface area contributed by atoms with Crippen LogP contribution in [0.3, 0.4) is 0 Å². The second-order valence-electron chi connectivity index (χ2n) is 7.71. The summed E-state index contributed by atoms with van der Waals surface area (Å²) in [6, 6.07) is 10.8. The Hall–Kier alpha value is -2.91. The number of hydrogen-bond acceptors (Lipinski definition) is 6. The molecule has 3 aliphatic heterocycles. The van der Waals surface area contributed by atoms with Crippen molar-refractivity contribution >= 4 is 29.1 Å². The first-order valence-electron chi connectivity index (χ1n) is 9.56. The van der Waals surface area contributed by atoms with E-state index in [0.29, 0.717) is 16.3 Å². The molecule has 2 aromatic rings. The molecule has 10 heteroatoms. The first-order chi connectivity index (χ1) is 14.8. The second-order valence-corrected chi connectivity index (χ2v) is 8.14. The molecular weight excluding hydrogens is 434 g/mol. The molecule has 7 nitrogen and oxygen atoms in total. The summed E-state index contributed by atoms with van der Waals surface area (Å²) in [6.45, 7) is 0.0207. The second kappa shape index (κ2) is 7.06. The third-order valence-corrected chi connectivity index (χ3v) is 5.86. The number of carbonyl (C=O) groups is 1. The van der Waals surface area contributed by atoms with Crippen molar-refractivity contribution in [1.82, 2.24) is 0 Å². The van der Waals surface area contributed by atoms with E-state index >= 15 is 0 Å². The highest BCUT2D eigenvalue weighted by molar-refractivity contribution is 6.30. The Morgan fingerprint density at radius 1 is 1.16 bits per heavy atom. The van der Waals surface area contributed by atoms with E-state index in [-0.39, 0.29) is 49.5 Å². The standard InChI is InChI=1S/C21H17ClF2N2O5/c22-13-2-4-14(5-3-13)26-10-20(11-27,8-18(26)28)19-25-15(9-29-19)12-1-6-16-17(7-12)31-21(23,24)30-16/h1-7,15,27H,8-11H2. The van der Waals surface area contributed by atoms with E-state index in [9.17, 15) is 18.7 Å². The number of fused-ring (bicyclic) bond motifs is 1. The number of carbonyl (C=O) groups excluding carboxylic acids is 1. The van der Waals surface area contributed by atoms with Crippen molar-refractivity contribution in [1.29, 1.82) is 0 Å². The van der Waals surface area contributed by atoms with Crippen molar-refractivity contribution in [2.24, 2.45) is 10.4 Å². The van der Waals surface area contributed by atoms with Crippen LogP contribution in [0.5, 0.6) is 11.5 Å². The van der Waals surface area contributed by atoms with Crippen molar-refractivity contribution < 1.29 is 32.9 Å². The quantitative estimate of drug-likeness (QED) is 0.770. The largest absolute Gasteiger partial charge is 0.586 e. The number of aliphatic hydroxyl groups excluding tert-OH is 1. The third kappa shape index (κ3) is 3.47. The topological polar surface area (TPSA) is 80.6 Å². The van der Waals surface area contributed by atoms with Crippen molar-refractivity contribution in [3.63, 3.8) is 0 Å². The van der Waals surface area contributed by atoms with Gasteiger partial charge in [0.2, 0.25) is 5.91 Å². The lowest BCUT2D eigenvalue weighted by molar-refractivity contribution is -0.286. The Bertz CT molecular complexity index is 1080. The van der Waals surface area contributed by atoms with Crippen molar-refractivity contribution in [3.8, 4) is 11.5 Å². The van der Waals surface area contributed by atoms with E-state index in [1.54, 1.807) is 35.2 Å². The molecule has 1 amide bonds. The van der Waals surface area contributed by atoms with Gasteiger partial charge in [-0.05, 0) is 42.0 Å². The van der Waals surface area contributed by atoms with Crippen LogP contribution in [0.1, 0.15) is 18.0 Å². The number of anilines is 1. The van der Waals surface area contributed by atoms with E-state index in [0.717, 1.165) is 0 Å². The number of amides is 1. The van der Waals surface area contributed by atoms with Crippen LogP contribution < -0.4 is 14.4 Å². The Morgan fingerprint density at radius 2 is 1.90 bits per heavy atom. The summed E-state index contributed by atoms with van der Waals surface area (Å²) in [7, 11) is 0. The van der Waals surface area contributed by atoms with Crippen LogP contribution in [-0.4, -0.2) is 43.0 Å². The highest BCUT2D eigenvalue weighted by atomic mass is 35.5. The predicted molar refractivity (Wildman–Crippen MR) is 107 cm³/mol. The zero-order chi connectivity index (χ0) is 21.8. The fourth-order valence-electron chi connectivity index (χ4n) is 4.01. The van der Waals surface area contributed by atoms with Crippen molar-refractivity contribution in [2.75, 3.05) is 24.7 Å². The molecule has 0 aliphatic carbocycles. The minimum absolute atomic E-state index is 0.0328. The molecule has 1 saturated heterocycles. The van der Waals surface area contributed by atoms with Crippen LogP contribution in [-0.2, 0) is 9.53 Å². The maximum Gasteiger partial charge on any atom is 0.586 e. The average Bonchev–Trinajstić information content (AvgIpc) is 3.42. The molecule has 3 heterocycles. The lowest BCUT2D eigenvalue weighted by Gasteiger charge is -2.25. The van der Waals surface area contributed by atoms with Gasteiger partial charge in [0.25, 0.3) is 0 Å². The van der Waals surface area contributed by atoms with Gasteiger partial charge in [-0.25, -0.2) is 4.99 Å². The SMILES string of the molecule is O=C1CC(CO)(C2=NC(c3ccc4c(c3)OC(F)(F)O4)CO2)CN1c1ccc(Cl)cc1. The highest BCUT2D eigenvalue weighted by Crippen LogP contribution is 2.44. The minimum Gasteiger partial charge on any atom is -0.478 e. The van der Waals surface area contributed by atoms with Crippen LogP contribution >= 0.6 is 11.6 Å². The van der Waals surface area contributed by atoms with Gasteiger partial charge in [0.05, 0.1) is 12.0 Å². The number of rotatable bonds is 4. The van der Waals surface area contributed by atoms with E-state index in [1.165, 1.54) is 12.1 Å². The van der Waals surface area contributed by atoms with Gasteiger partial charge >= 0.3 is 6.29 Å². The molecule has 0 saturated carbocycles. The van der Waals surface area contributed by atoms with Gasteiger partial charge in [-0.2, -0.15) is 0 Å². The molecule has 5 rings (SSSR count). The molecular formula is C21H17ClF2N2O5. The van der Waals surface area contributed by atoms with Gasteiger partial charge in [0.1, 0.15) is 12.6 Å². The lowest BCUT2D eigenvalue weighted by Crippen LogP contribution is -2.38. The van der Waals surface area contributed by atoms with Crippen LogP contribution in [0, 0.1) is 5.41 Å². The Kier molecular flexibility index (Phi) is 4.56. The average molecular weight is 451 g/mol. The fraction of sp³-hybridized carbons (Fsp3) is 0.333. The summed E-state index contributed by atoms with van der Waals surface area (Å²) in [5.41, 5.74) is 0.271. The first kappa shape index (κ1) is 20.0. The van der Waals surface area contributed by atoms with Gasteiger partial charge in [-0.15, -0.1) is 8.78 Å². The minimum atomic E-state index is -3.70. The zero-order valence-electron chi connectivity index (χ0n) is 16.1. The van der Waals surface area contributed by atoms with E-state index < -0.39 is 17.8 Å². The molecule has 162 valence electrons. The molecule has 3 aliphatic rings. The molecule has 0 radical (unpaired) electrons. The summed E-state index contributed by atoms with van der Waals surface area (Å²) in [6.07, 6.45) is -3.66. The summed E-state index contributed by atoms with van der Waals surface area (Å²) >= 11 is 5.93. The van der Waals surface area contributed by atoms with Crippen LogP contribution in [0.15, 0.2) is 47.5 Å². The zero-order valence-corrected chi connectivity index (χ0v) is 16.8. The van der Waals surface area contributed by atoms with Crippen LogP contribution in [0.25, 0.3) is 0 Å². The molecule has 2 atom stereocenters. The third-order valence-electron chi connectivity index (χ3n) is 5.61. The number of hydrogen-bond donors (Lipinski definition) is 1. The molecule has 0 spiro atoms. The van der Waals surface area contributed by atoms with E-state index in [2.05, 4.69) is 14.5 Å². The summed E-state index contributed by atoms with van der Waals surface area (Å²) in [5.74, 6) is -0.0269. The summed E-state index contributed by atoms with van der Waals surface area (Å²) < 4.78 is 41.2. The predicted octanol–water partition coefficient (Wildman–Crippen LogP) is 3.55. The Morgan fingerprint density at radius 3 is 2.65 bits per heavy atom. The van der Waals surface area contributed by atoms with Gasteiger partial charge < -0.3 is 24.2 Å². The van der Waals surface area contributed by atoms with Gasteiger partial charge in [0.15, 0.2) is 17.4 Å². The summed E-state index contributed by atoms with van der Waals surface area (Å²) in [5, 5.41) is 10.7. The molecule has 1 N–H and O–H groups in total. The smallest absolute Gasteiger partial charge is 0.478 e. The number of aliphatic hydroxyl groups is 1. The van der Waals surface area contributed by atoms with E-state index in [1.807, 2.05) is 0 Å². The number of halogens is 3. The van der Waals surface area contributed by atoms with Gasteiger partial charge in [-0.3, -0.25) is 4.79 Å². The van der Waals surface area contributed by atoms with Crippen molar-refractivity contribution in [2.45, 2.75) is 18.8 Å². The summed E-state index contributed by atoms with van der Waals surface area (Å²) in [4.78, 5) is 18.8. The highest BCUT2D eigenvalue weighted by Gasteiger charge is 2.50. The molecule has 2 aromatic carbocycles. The van der Waals surface area contributed by atoms with Crippen molar-refractivity contribution in [3.05, 3.63) is 53.1 Å². The number of alkyl halides is 2. The molecule has 0 bridgehead atoms. The number of aliphatic imine (C=N–C) groups is 1. The first-order valence-corrected chi connectivity index (χ1v) is 9.94. The number of nitrogens with zero attached hydrogens (tertiary/aromatic N) is 2. The molecule has 31 heavy (non-hydrogen) atoms. The molecule has 0 aromatic heterocycles. The number of ether oxygens (including phenoxy) is 3.